The third-order valence-corrected chi connectivity index (χ3v) is 6.80. The molecule has 3 heterocycles. The molecule has 0 unspecified atom stereocenters. The van der Waals surface area contributed by atoms with E-state index in [4.69, 9.17) is 32.7 Å². The first kappa shape index (κ1) is 27.6. The number of aromatic nitrogens is 3. The SMILES string of the molecule is O=C(Nc1cnc(Nc2ccc(Oc3cnc(Cl)c(F)c3)cc2)n(Cc2ccc(Cl)cc2)c1=O)C1CCOCC1. The average Bonchev–Trinajstić information content (AvgIpc) is 2.96. The van der Waals surface area contributed by atoms with Crippen molar-refractivity contribution in [2.24, 2.45) is 5.92 Å². The van der Waals surface area contributed by atoms with Gasteiger partial charge in [0, 0.05) is 35.9 Å². The van der Waals surface area contributed by atoms with Crippen molar-refractivity contribution < 1.29 is 18.7 Å². The predicted octanol–water partition coefficient (Wildman–Crippen LogP) is 6.03. The monoisotopic (exact) mass is 583 g/mol. The summed E-state index contributed by atoms with van der Waals surface area (Å²) < 4.78 is 26.1. The minimum Gasteiger partial charge on any atom is -0.456 e. The predicted molar refractivity (Wildman–Crippen MR) is 150 cm³/mol. The van der Waals surface area contributed by atoms with Gasteiger partial charge in [-0.3, -0.25) is 14.2 Å². The molecule has 0 spiro atoms. The molecule has 1 saturated heterocycles. The molecule has 0 aliphatic carbocycles. The Hall–Kier alpha value is -3.99. The smallest absolute Gasteiger partial charge is 0.279 e. The highest BCUT2D eigenvalue weighted by Crippen LogP contribution is 2.26. The third kappa shape index (κ3) is 6.77. The lowest BCUT2D eigenvalue weighted by Crippen LogP contribution is -2.33. The van der Waals surface area contributed by atoms with E-state index in [2.05, 4.69) is 20.6 Å². The van der Waals surface area contributed by atoms with Gasteiger partial charge in [0.2, 0.25) is 11.9 Å². The van der Waals surface area contributed by atoms with Crippen LogP contribution in [-0.2, 0) is 16.1 Å². The molecule has 1 fully saturated rings. The van der Waals surface area contributed by atoms with Crippen LogP contribution in [-0.4, -0.2) is 33.7 Å². The number of hydrogen-bond donors (Lipinski definition) is 2. The highest BCUT2D eigenvalue weighted by molar-refractivity contribution is 6.30. The third-order valence-electron chi connectivity index (χ3n) is 6.27. The molecule has 40 heavy (non-hydrogen) atoms. The molecule has 2 N–H and O–H groups in total. The molecule has 0 bridgehead atoms. The minimum atomic E-state index is -0.686. The summed E-state index contributed by atoms with van der Waals surface area (Å²) in [7, 11) is 0. The van der Waals surface area contributed by atoms with Crippen molar-refractivity contribution in [1.29, 1.82) is 0 Å². The topological polar surface area (TPSA) is 107 Å². The van der Waals surface area contributed by atoms with Crippen LogP contribution in [0.15, 0.2) is 71.8 Å². The first-order chi connectivity index (χ1) is 19.4. The Morgan fingerprint density at radius 1 is 1.02 bits per heavy atom. The van der Waals surface area contributed by atoms with E-state index in [-0.39, 0.29) is 40.9 Å². The Kier molecular flexibility index (Phi) is 8.59. The van der Waals surface area contributed by atoms with Gasteiger partial charge in [0.25, 0.3) is 5.56 Å². The van der Waals surface area contributed by atoms with Gasteiger partial charge in [-0.1, -0.05) is 35.3 Å². The lowest BCUT2D eigenvalue weighted by atomic mass is 9.99. The molecule has 5 rings (SSSR count). The zero-order chi connectivity index (χ0) is 28.1. The average molecular weight is 584 g/mol. The van der Waals surface area contributed by atoms with E-state index in [9.17, 15) is 14.0 Å². The highest BCUT2D eigenvalue weighted by Gasteiger charge is 2.23. The molecular formula is C28H24Cl2FN5O4. The van der Waals surface area contributed by atoms with Crippen LogP contribution in [0.5, 0.6) is 11.5 Å². The summed E-state index contributed by atoms with van der Waals surface area (Å²) in [6.45, 7) is 1.21. The fraction of sp³-hybridized carbons (Fsp3) is 0.214. The summed E-state index contributed by atoms with van der Waals surface area (Å²) in [4.78, 5) is 34.5. The van der Waals surface area contributed by atoms with Crippen molar-refractivity contribution >= 4 is 46.4 Å². The molecular weight excluding hydrogens is 560 g/mol. The maximum atomic E-state index is 13.7. The number of benzene rings is 2. The van der Waals surface area contributed by atoms with Crippen LogP contribution >= 0.6 is 23.2 Å². The summed E-state index contributed by atoms with van der Waals surface area (Å²) in [5, 5.41) is 6.23. The number of hydrogen-bond acceptors (Lipinski definition) is 7. The summed E-state index contributed by atoms with van der Waals surface area (Å²) in [5.41, 5.74) is 1.11. The molecule has 12 heteroatoms. The van der Waals surface area contributed by atoms with Gasteiger partial charge >= 0.3 is 0 Å². The Morgan fingerprint density at radius 3 is 2.45 bits per heavy atom. The van der Waals surface area contributed by atoms with E-state index in [0.29, 0.717) is 42.5 Å². The highest BCUT2D eigenvalue weighted by atomic mass is 35.5. The minimum absolute atomic E-state index is 0.0866. The normalized spacial score (nSPS) is 13.6. The number of anilines is 3. The lowest BCUT2D eigenvalue weighted by Gasteiger charge is -2.21. The van der Waals surface area contributed by atoms with E-state index in [1.807, 2.05) is 12.1 Å². The fourth-order valence-electron chi connectivity index (χ4n) is 4.12. The molecule has 0 radical (unpaired) electrons. The number of pyridine rings is 1. The van der Waals surface area contributed by atoms with E-state index in [1.165, 1.54) is 17.0 Å². The number of carbonyl (C=O) groups excluding carboxylic acids is 1. The van der Waals surface area contributed by atoms with Crippen molar-refractivity contribution in [3.8, 4) is 11.5 Å². The molecule has 0 saturated carbocycles. The van der Waals surface area contributed by atoms with Crippen LogP contribution in [0.4, 0.5) is 21.7 Å². The molecule has 4 aromatic rings. The summed E-state index contributed by atoms with van der Waals surface area (Å²) >= 11 is 11.7. The first-order valence-corrected chi connectivity index (χ1v) is 13.2. The Morgan fingerprint density at radius 2 is 1.75 bits per heavy atom. The molecule has 206 valence electrons. The summed E-state index contributed by atoms with van der Waals surface area (Å²) in [6.07, 6.45) is 3.86. The number of nitrogens with one attached hydrogen (secondary N) is 2. The molecule has 2 aromatic carbocycles. The van der Waals surface area contributed by atoms with Crippen LogP contribution in [0.3, 0.4) is 0 Å². The first-order valence-electron chi connectivity index (χ1n) is 12.4. The van der Waals surface area contributed by atoms with Crippen molar-refractivity contribution in [2.45, 2.75) is 19.4 Å². The second-order valence-corrected chi connectivity index (χ2v) is 9.88. The molecule has 1 aliphatic rings. The molecule has 9 nitrogen and oxygen atoms in total. The molecule has 2 aromatic heterocycles. The number of ether oxygens (including phenoxy) is 2. The van der Waals surface area contributed by atoms with E-state index in [1.54, 1.807) is 36.4 Å². The van der Waals surface area contributed by atoms with Crippen LogP contribution < -0.4 is 20.9 Å². The second-order valence-electron chi connectivity index (χ2n) is 9.08. The molecule has 0 atom stereocenters. The quantitative estimate of drug-likeness (QED) is 0.244. The molecule has 1 aliphatic heterocycles. The van der Waals surface area contributed by atoms with Gasteiger partial charge in [-0.25, -0.2) is 14.4 Å². The van der Waals surface area contributed by atoms with Gasteiger partial charge in [-0.2, -0.15) is 0 Å². The van der Waals surface area contributed by atoms with Gasteiger partial charge in [0.1, 0.15) is 17.2 Å². The largest absolute Gasteiger partial charge is 0.456 e. The van der Waals surface area contributed by atoms with E-state index >= 15 is 0 Å². The number of amides is 1. The van der Waals surface area contributed by atoms with E-state index in [0.717, 1.165) is 11.6 Å². The van der Waals surface area contributed by atoms with Gasteiger partial charge in [-0.05, 0) is 54.8 Å². The Labute approximate surface area is 238 Å². The number of carbonyl (C=O) groups is 1. The number of halogens is 3. The van der Waals surface area contributed by atoms with E-state index < -0.39 is 11.4 Å². The molecule has 1 amide bonds. The van der Waals surface area contributed by atoms with Crippen molar-refractivity contribution in [1.82, 2.24) is 14.5 Å². The maximum Gasteiger partial charge on any atom is 0.279 e. The van der Waals surface area contributed by atoms with Gasteiger partial charge in [0.05, 0.1) is 18.9 Å². The van der Waals surface area contributed by atoms with Crippen LogP contribution in [0.1, 0.15) is 18.4 Å². The summed E-state index contributed by atoms with van der Waals surface area (Å²) in [5.74, 6) is -0.244. The number of rotatable bonds is 8. The maximum absolute atomic E-state index is 13.7. The Balaban J connectivity index is 1.38. The fourth-order valence-corrected chi connectivity index (χ4v) is 4.35. The van der Waals surface area contributed by atoms with Crippen molar-refractivity contribution in [2.75, 3.05) is 23.8 Å². The van der Waals surface area contributed by atoms with Crippen LogP contribution in [0.2, 0.25) is 10.2 Å². The summed E-state index contributed by atoms with van der Waals surface area (Å²) in [6, 6.07) is 15.0. The zero-order valence-corrected chi connectivity index (χ0v) is 22.6. The lowest BCUT2D eigenvalue weighted by molar-refractivity contribution is -0.122. The van der Waals surface area contributed by atoms with Crippen LogP contribution in [0.25, 0.3) is 0 Å². The van der Waals surface area contributed by atoms with Crippen molar-refractivity contribution in [3.05, 3.63) is 98.9 Å². The van der Waals surface area contributed by atoms with Gasteiger partial charge in [0.15, 0.2) is 11.0 Å². The van der Waals surface area contributed by atoms with Gasteiger partial charge in [-0.15, -0.1) is 0 Å². The zero-order valence-electron chi connectivity index (χ0n) is 21.1. The second kappa shape index (κ2) is 12.5. The van der Waals surface area contributed by atoms with Crippen LogP contribution in [0, 0.1) is 11.7 Å². The Bertz CT molecular complexity index is 1560. The number of nitrogens with zero attached hydrogens (tertiary/aromatic N) is 3. The standard InChI is InChI=1S/C28H24Cl2FN5O4/c29-19-3-1-17(2-4-19)16-36-27(38)24(35-26(37)18-9-11-39-12-10-18)15-33-28(36)34-20-5-7-21(8-6-20)40-22-13-23(31)25(30)32-14-22/h1-8,13-15,18H,9-12,16H2,(H,33,34)(H,35,37). The van der Waals surface area contributed by atoms with Gasteiger partial charge < -0.3 is 20.1 Å². The van der Waals surface area contributed by atoms with Crippen molar-refractivity contribution in [3.63, 3.8) is 0 Å².